The van der Waals surface area contributed by atoms with Crippen molar-refractivity contribution in [3.8, 4) is 5.88 Å². The highest BCUT2D eigenvalue weighted by Crippen LogP contribution is 2.30. The molecule has 1 saturated heterocycles. The Balaban J connectivity index is 1.50. The maximum atomic E-state index is 12.6. The molecular weight excluding hydrogens is 514 g/mol. The van der Waals surface area contributed by atoms with Crippen molar-refractivity contribution >= 4 is 36.8 Å². The van der Waals surface area contributed by atoms with Gasteiger partial charge in [-0.1, -0.05) is 26.6 Å². The predicted molar refractivity (Wildman–Crippen MR) is 154 cm³/mol. The molecule has 1 aliphatic heterocycles. The second-order valence-electron chi connectivity index (χ2n) is 12.7. The molecule has 214 valence electrons. The molecule has 1 aliphatic rings. The number of hydrogen-bond acceptors (Lipinski definition) is 8. The molecule has 0 bridgehead atoms. The summed E-state index contributed by atoms with van der Waals surface area (Å²) < 4.78 is 21.6. The van der Waals surface area contributed by atoms with E-state index < -0.39 is 13.7 Å². The van der Waals surface area contributed by atoms with Gasteiger partial charge in [0.2, 0.25) is 11.8 Å². The van der Waals surface area contributed by atoms with E-state index in [0.717, 1.165) is 29.4 Å². The smallest absolute Gasteiger partial charge is 0.410 e. The van der Waals surface area contributed by atoms with E-state index in [9.17, 15) is 4.79 Å². The largest absolute Gasteiger partial charge is 0.477 e. The summed E-state index contributed by atoms with van der Waals surface area (Å²) in [6.45, 7) is 17.6. The number of carbonyl (C=O) groups is 1. The van der Waals surface area contributed by atoms with Crippen LogP contribution in [0.3, 0.4) is 0 Å². The van der Waals surface area contributed by atoms with Crippen LogP contribution in [0.4, 0.5) is 16.4 Å². The first-order valence-electron chi connectivity index (χ1n) is 13.6. The summed E-state index contributed by atoms with van der Waals surface area (Å²) in [6, 6.07) is 3.06. The third-order valence-electron chi connectivity index (χ3n) is 6.63. The standard InChI is InChI=1S/C27H43N7O4Si/c1-19-14-34(26(35)38-27(2,3)4)15-20(19)17-37-24-22-9-10-33(18-36-11-12-39(6,7)8)23(22)30-25(31-24)29-21-13-28-32(5)16-21/h9-10,13,16,19-20H,11-12,14-15,17-18H2,1-8H3,(H,29,30,31). The van der Waals surface area contributed by atoms with Gasteiger partial charge in [0.1, 0.15) is 12.3 Å². The minimum absolute atomic E-state index is 0.157. The minimum atomic E-state index is -1.18. The number of aryl methyl sites for hydroxylation is 1. The molecular formula is C27H43N7O4Si. The van der Waals surface area contributed by atoms with Crippen molar-refractivity contribution in [1.82, 2.24) is 29.2 Å². The number of nitrogens with zero attached hydrogens (tertiary/aromatic N) is 6. The highest BCUT2D eigenvalue weighted by Gasteiger charge is 2.35. The van der Waals surface area contributed by atoms with E-state index in [1.54, 1.807) is 15.8 Å². The lowest BCUT2D eigenvalue weighted by Gasteiger charge is -2.24. The van der Waals surface area contributed by atoms with Gasteiger partial charge in [-0.15, -0.1) is 0 Å². The highest BCUT2D eigenvalue weighted by atomic mass is 28.3. The molecule has 12 heteroatoms. The van der Waals surface area contributed by atoms with Gasteiger partial charge in [-0.25, -0.2) is 4.79 Å². The molecule has 2 unspecified atom stereocenters. The molecule has 11 nitrogen and oxygen atoms in total. The molecule has 0 spiro atoms. The van der Waals surface area contributed by atoms with E-state index in [0.29, 0.717) is 38.3 Å². The van der Waals surface area contributed by atoms with Gasteiger partial charge in [-0.3, -0.25) is 4.68 Å². The first-order chi connectivity index (χ1) is 18.3. The zero-order valence-electron chi connectivity index (χ0n) is 24.5. The van der Waals surface area contributed by atoms with Gasteiger partial charge in [-0.05, 0) is 38.8 Å². The number of nitrogens with one attached hydrogen (secondary N) is 1. The number of aromatic nitrogens is 5. The molecule has 1 amide bonds. The van der Waals surface area contributed by atoms with E-state index in [4.69, 9.17) is 24.2 Å². The van der Waals surface area contributed by atoms with Crippen LogP contribution >= 0.6 is 0 Å². The Labute approximate surface area is 231 Å². The van der Waals surface area contributed by atoms with Crippen LogP contribution in [0.5, 0.6) is 5.88 Å². The Bertz CT molecular complexity index is 1280. The fourth-order valence-electron chi connectivity index (χ4n) is 4.38. The summed E-state index contributed by atoms with van der Waals surface area (Å²) in [6.07, 6.45) is 5.25. The van der Waals surface area contributed by atoms with E-state index >= 15 is 0 Å². The number of fused-ring (bicyclic) bond motifs is 1. The first-order valence-corrected chi connectivity index (χ1v) is 17.3. The Morgan fingerprint density at radius 2 is 1.97 bits per heavy atom. The van der Waals surface area contributed by atoms with Crippen molar-refractivity contribution in [1.29, 1.82) is 0 Å². The van der Waals surface area contributed by atoms with Crippen LogP contribution in [-0.2, 0) is 23.3 Å². The molecule has 39 heavy (non-hydrogen) atoms. The summed E-state index contributed by atoms with van der Waals surface area (Å²) >= 11 is 0. The normalized spacial score (nSPS) is 18.1. The molecule has 0 aliphatic carbocycles. The van der Waals surface area contributed by atoms with Crippen LogP contribution in [0.25, 0.3) is 11.0 Å². The fourth-order valence-corrected chi connectivity index (χ4v) is 5.13. The molecule has 1 N–H and O–H groups in total. The number of amides is 1. The zero-order chi connectivity index (χ0) is 28.4. The lowest BCUT2D eigenvalue weighted by molar-refractivity contribution is 0.0282. The van der Waals surface area contributed by atoms with Gasteiger partial charge in [0.25, 0.3) is 0 Å². The Hall–Kier alpha value is -3.12. The summed E-state index contributed by atoms with van der Waals surface area (Å²) in [5.41, 5.74) is 0.990. The topological polar surface area (TPSA) is 109 Å². The molecule has 3 aromatic heterocycles. The number of ether oxygens (including phenoxy) is 3. The molecule has 3 aromatic rings. The van der Waals surface area contributed by atoms with Crippen molar-refractivity contribution in [2.75, 3.05) is 31.6 Å². The second kappa shape index (κ2) is 11.5. The number of likely N-dealkylation sites (tertiary alicyclic amines) is 1. The van der Waals surface area contributed by atoms with E-state index in [2.05, 4.69) is 37.0 Å². The van der Waals surface area contributed by atoms with Gasteiger partial charge in [0, 0.05) is 53.1 Å². The van der Waals surface area contributed by atoms with E-state index in [1.165, 1.54) is 0 Å². The predicted octanol–water partition coefficient (Wildman–Crippen LogP) is 5.10. The fraction of sp³-hybridized carbons (Fsp3) is 0.630. The van der Waals surface area contributed by atoms with Crippen molar-refractivity contribution < 1.29 is 19.0 Å². The number of hydrogen-bond donors (Lipinski definition) is 1. The van der Waals surface area contributed by atoms with Gasteiger partial charge in [0.15, 0.2) is 5.65 Å². The molecule has 2 atom stereocenters. The van der Waals surface area contributed by atoms with Crippen LogP contribution in [0, 0.1) is 11.8 Å². The summed E-state index contributed by atoms with van der Waals surface area (Å²) in [7, 11) is 0.681. The molecule has 1 fully saturated rings. The Kier molecular flexibility index (Phi) is 8.55. The van der Waals surface area contributed by atoms with Gasteiger partial charge >= 0.3 is 6.09 Å². The average molecular weight is 558 g/mol. The molecule has 0 aromatic carbocycles. The second-order valence-corrected chi connectivity index (χ2v) is 18.3. The van der Waals surface area contributed by atoms with E-state index in [-0.39, 0.29) is 17.9 Å². The van der Waals surface area contributed by atoms with Crippen LogP contribution in [0.1, 0.15) is 27.7 Å². The van der Waals surface area contributed by atoms with Crippen molar-refractivity contribution in [2.45, 2.75) is 65.7 Å². The SMILES string of the molecule is CC1CN(C(=O)OC(C)(C)C)CC1COc1nc(Nc2cnn(C)c2)nc2c1ccn2COCC[Si](C)(C)C. The summed E-state index contributed by atoms with van der Waals surface area (Å²) in [5, 5.41) is 8.27. The van der Waals surface area contributed by atoms with Crippen molar-refractivity contribution in [2.24, 2.45) is 18.9 Å². The molecule has 4 rings (SSSR count). The van der Waals surface area contributed by atoms with Crippen molar-refractivity contribution in [3.63, 3.8) is 0 Å². The first kappa shape index (κ1) is 28.9. The van der Waals surface area contributed by atoms with Crippen LogP contribution in [-0.4, -0.2) is 75.3 Å². The van der Waals surface area contributed by atoms with Crippen LogP contribution < -0.4 is 10.1 Å². The van der Waals surface area contributed by atoms with Gasteiger partial charge in [0.05, 0.1) is 23.9 Å². The molecule has 4 heterocycles. The summed E-state index contributed by atoms with van der Waals surface area (Å²) in [5.74, 6) is 1.34. The third kappa shape index (κ3) is 7.95. The Morgan fingerprint density at radius 1 is 1.21 bits per heavy atom. The molecule has 0 saturated carbocycles. The monoisotopic (exact) mass is 557 g/mol. The maximum absolute atomic E-state index is 12.6. The summed E-state index contributed by atoms with van der Waals surface area (Å²) in [4.78, 5) is 23.8. The number of carbonyl (C=O) groups excluding carboxylic acids is 1. The molecule has 0 radical (unpaired) electrons. The minimum Gasteiger partial charge on any atom is -0.477 e. The third-order valence-corrected chi connectivity index (χ3v) is 8.33. The van der Waals surface area contributed by atoms with Gasteiger partial charge < -0.3 is 29.0 Å². The Morgan fingerprint density at radius 3 is 2.64 bits per heavy atom. The van der Waals surface area contributed by atoms with Crippen molar-refractivity contribution in [3.05, 3.63) is 24.7 Å². The van der Waals surface area contributed by atoms with Crippen LogP contribution in [0.2, 0.25) is 25.7 Å². The number of rotatable bonds is 10. The van der Waals surface area contributed by atoms with E-state index in [1.807, 2.05) is 50.8 Å². The lowest BCUT2D eigenvalue weighted by Crippen LogP contribution is -2.35. The van der Waals surface area contributed by atoms with Crippen LogP contribution in [0.15, 0.2) is 24.7 Å². The van der Waals surface area contributed by atoms with Gasteiger partial charge in [-0.2, -0.15) is 15.1 Å². The average Bonchev–Trinajstić information content (AvgIpc) is 3.52. The lowest BCUT2D eigenvalue weighted by atomic mass is 9.99. The highest BCUT2D eigenvalue weighted by molar-refractivity contribution is 6.76. The quantitative estimate of drug-likeness (QED) is 0.271. The maximum Gasteiger partial charge on any atom is 0.410 e. The zero-order valence-corrected chi connectivity index (χ0v) is 25.5. The number of anilines is 2.